The predicted octanol–water partition coefficient (Wildman–Crippen LogP) is 4.73. The lowest BCUT2D eigenvalue weighted by Crippen LogP contribution is -2.26. The van der Waals surface area contributed by atoms with Crippen molar-refractivity contribution in [1.29, 1.82) is 0 Å². The second-order valence-corrected chi connectivity index (χ2v) is 6.24. The highest BCUT2D eigenvalue weighted by Crippen LogP contribution is 2.37. The number of thioether (sulfide) groups is 1. The Morgan fingerprint density at radius 2 is 2.00 bits per heavy atom. The minimum atomic E-state index is -4.71. The highest BCUT2D eigenvalue weighted by molar-refractivity contribution is 7.98. The van der Waals surface area contributed by atoms with Crippen LogP contribution >= 0.6 is 23.4 Å². The maximum Gasteiger partial charge on any atom is 0.431 e. The van der Waals surface area contributed by atoms with E-state index in [1.165, 1.54) is 0 Å². The summed E-state index contributed by atoms with van der Waals surface area (Å²) in [6.45, 7) is 0. The van der Waals surface area contributed by atoms with Crippen molar-refractivity contribution in [3.63, 3.8) is 0 Å². The lowest BCUT2D eigenvalue weighted by molar-refractivity contribution is -0.143. The number of alkyl halides is 3. The molecule has 0 aliphatic heterocycles. The number of fused-ring (bicyclic) bond motifs is 1. The first-order chi connectivity index (χ1) is 11.6. The van der Waals surface area contributed by atoms with Gasteiger partial charge in [-0.15, -0.1) is 0 Å². The summed E-state index contributed by atoms with van der Waals surface area (Å²) in [4.78, 5) is 16.5. The third kappa shape index (κ3) is 2.91. The fourth-order valence-electron chi connectivity index (χ4n) is 2.44. The molecule has 0 aliphatic carbocycles. The third-order valence-electron chi connectivity index (χ3n) is 3.59. The zero-order valence-electron chi connectivity index (χ0n) is 12.7. The molecule has 0 saturated carbocycles. The molecular formula is C15H9ClF4N2O2S. The average molecular weight is 393 g/mol. The fraction of sp³-hybridized carbons (Fsp3) is 0.200. The third-order valence-corrected chi connectivity index (χ3v) is 4.40. The maximum absolute atomic E-state index is 14.5. The van der Waals surface area contributed by atoms with Gasteiger partial charge in [-0.3, -0.25) is 4.79 Å². The molecule has 4 nitrogen and oxygen atoms in total. The zero-order valence-corrected chi connectivity index (χ0v) is 14.3. The van der Waals surface area contributed by atoms with E-state index in [4.69, 9.17) is 16.0 Å². The van der Waals surface area contributed by atoms with Gasteiger partial charge in [-0.05, 0) is 24.5 Å². The summed E-state index contributed by atoms with van der Waals surface area (Å²) in [6.07, 6.45) is -3.04. The van der Waals surface area contributed by atoms with Crippen LogP contribution in [0.5, 0.6) is 0 Å². The van der Waals surface area contributed by atoms with E-state index in [9.17, 15) is 22.4 Å². The molecule has 0 N–H and O–H groups in total. The van der Waals surface area contributed by atoms with E-state index in [2.05, 4.69) is 4.98 Å². The number of aromatic nitrogens is 2. The molecule has 2 aromatic heterocycles. The lowest BCUT2D eigenvalue weighted by Gasteiger charge is -2.13. The van der Waals surface area contributed by atoms with Crippen LogP contribution in [-0.2, 0) is 13.2 Å². The Balaban J connectivity index is 2.36. The smallest absolute Gasteiger partial charge is 0.431 e. The fourth-order valence-corrected chi connectivity index (χ4v) is 3.01. The molecular weight excluding hydrogens is 384 g/mol. The normalized spacial score (nSPS) is 12.1. The Kier molecular flexibility index (Phi) is 4.32. The van der Waals surface area contributed by atoms with Gasteiger partial charge in [0.1, 0.15) is 17.0 Å². The molecule has 3 aromatic rings. The van der Waals surface area contributed by atoms with E-state index in [0.29, 0.717) is 10.6 Å². The topological polar surface area (TPSA) is 48.0 Å². The van der Waals surface area contributed by atoms with E-state index in [1.54, 1.807) is 6.26 Å². The van der Waals surface area contributed by atoms with Crippen LogP contribution in [0.4, 0.5) is 17.6 Å². The molecule has 0 unspecified atom stereocenters. The van der Waals surface area contributed by atoms with Gasteiger partial charge in [-0.25, -0.2) is 9.37 Å². The van der Waals surface area contributed by atoms with Gasteiger partial charge in [0.2, 0.25) is 0 Å². The lowest BCUT2D eigenvalue weighted by atomic mass is 10.0. The van der Waals surface area contributed by atoms with E-state index in [0.717, 1.165) is 30.9 Å². The molecule has 10 heteroatoms. The molecule has 2 heterocycles. The first kappa shape index (κ1) is 17.8. The van der Waals surface area contributed by atoms with Crippen LogP contribution in [0.15, 0.2) is 32.6 Å². The largest absolute Gasteiger partial charge is 0.431 e. The van der Waals surface area contributed by atoms with E-state index < -0.39 is 23.2 Å². The molecule has 0 amide bonds. The molecule has 0 radical (unpaired) electrons. The van der Waals surface area contributed by atoms with Gasteiger partial charge in [0.25, 0.3) is 10.8 Å². The second kappa shape index (κ2) is 6.06. The van der Waals surface area contributed by atoms with Crippen LogP contribution in [0.3, 0.4) is 0 Å². The Bertz CT molecular complexity index is 1040. The van der Waals surface area contributed by atoms with Crippen LogP contribution in [-0.4, -0.2) is 15.8 Å². The minimum absolute atomic E-state index is 0.0240. The highest BCUT2D eigenvalue weighted by Gasteiger charge is 2.34. The zero-order chi connectivity index (χ0) is 18.5. The Labute approximate surface area is 147 Å². The van der Waals surface area contributed by atoms with Gasteiger partial charge in [-0.2, -0.15) is 13.2 Å². The van der Waals surface area contributed by atoms with E-state index in [1.807, 2.05) is 0 Å². The SMILES string of the molecule is CSc1nc2c(Cl)cc(F)c(-c3ccc(C(F)(F)F)n(C)c3=O)c2o1. The summed E-state index contributed by atoms with van der Waals surface area (Å²) in [5.74, 6) is -0.891. The Morgan fingerprint density at radius 1 is 1.32 bits per heavy atom. The van der Waals surface area contributed by atoms with Crippen molar-refractivity contribution in [3.8, 4) is 11.1 Å². The van der Waals surface area contributed by atoms with Crippen LogP contribution in [0.2, 0.25) is 5.02 Å². The van der Waals surface area contributed by atoms with Crippen LogP contribution in [0, 0.1) is 5.82 Å². The summed E-state index contributed by atoms with van der Waals surface area (Å²) in [7, 11) is 0.966. The Morgan fingerprint density at radius 3 is 2.60 bits per heavy atom. The number of hydrogen-bond acceptors (Lipinski definition) is 4. The number of nitrogens with zero attached hydrogens (tertiary/aromatic N) is 2. The second-order valence-electron chi connectivity index (χ2n) is 5.07. The standard InChI is InChI=1S/C15H9ClF4N2O2S/c1-22-9(15(18,19)20)4-3-6(13(22)23)10-8(17)5-7(16)11-12(10)24-14(21-11)25-2/h3-5H,1-2H3. The molecule has 3 rings (SSSR count). The van der Waals surface area contributed by atoms with Crippen LogP contribution in [0.25, 0.3) is 22.2 Å². The molecule has 0 saturated heterocycles. The van der Waals surface area contributed by atoms with Gasteiger partial charge < -0.3 is 8.98 Å². The van der Waals surface area contributed by atoms with E-state index in [-0.39, 0.29) is 32.5 Å². The summed E-state index contributed by atoms with van der Waals surface area (Å²) >= 11 is 7.08. The van der Waals surface area contributed by atoms with Crippen molar-refractivity contribution >= 4 is 34.5 Å². The number of hydrogen-bond donors (Lipinski definition) is 0. The van der Waals surface area contributed by atoms with Gasteiger partial charge in [0.15, 0.2) is 5.58 Å². The van der Waals surface area contributed by atoms with E-state index >= 15 is 0 Å². The number of benzene rings is 1. The molecule has 0 atom stereocenters. The number of halogens is 5. The van der Waals surface area contributed by atoms with Crippen molar-refractivity contribution in [3.05, 3.63) is 45.1 Å². The van der Waals surface area contributed by atoms with Crippen molar-refractivity contribution in [2.24, 2.45) is 7.05 Å². The van der Waals surface area contributed by atoms with Gasteiger partial charge in [-0.1, -0.05) is 23.4 Å². The molecule has 0 aliphatic rings. The first-order valence-corrected chi connectivity index (χ1v) is 8.35. The quantitative estimate of drug-likeness (QED) is 0.467. The number of oxazole rings is 1. The summed E-state index contributed by atoms with van der Waals surface area (Å²) in [5.41, 5.74) is -2.68. The van der Waals surface area contributed by atoms with Gasteiger partial charge >= 0.3 is 6.18 Å². The van der Waals surface area contributed by atoms with Crippen molar-refractivity contribution in [2.75, 3.05) is 6.26 Å². The van der Waals surface area contributed by atoms with Gasteiger partial charge in [0.05, 0.1) is 16.1 Å². The molecule has 0 fully saturated rings. The number of pyridine rings is 1. The van der Waals surface area contributed by atoms with Crippen molar-refractivity contribution in [1.82, 2.24) is 9.55 Å². The molecule has 0 spiro atoms. The van der Waals surface area contributed by atoms with Crippen LogP contribution < -0.4 is 5.56 Å². The maximum atomic E-state index is 14.5. The minimum Gasteiger partial charge on any atom is -0.431 e. The highest BCUT2D eigenvalue weighted by atomic mass is 35.5. The molecule has 132 valence electrons. The average Bonchev–Trinajstić information content (AvgIpc) is 2.94. The molecule has 25 heavy (non-hydrogen) atoms. The van der Waals surface area contributed by atoms with Crippen LogP contribution in [0.1, 0.15) is 5.69 Å². The summed E-state index contributed by atoms with van der Waals surface area (Å²) in [5, 5.41) is 0.163. The summed E-state index contributed by atoms with van der Waals surface area (Å²) < 4.78 is 59.1. The summed E-state index contributed by atoms with van der Waals surface area (Å²) in [6, 6.07) is 2.57. The Hall–Kier alpha value is -2.00. The van der Waals surface area contributed by atoms with Crippen molar-refractivity contribution in [2.45, 2.75) is 11.4 Å². The van der Waals surface area contributed by atoms with Crippen molar-refractivity contribution < 1.29 is 22.0 Å². The monoisotopic (exact) mass is 392 g/mol. The predicted molar refractivity (Wildman–Crippen MR) is 86.4 cm³/mol. The number of rotatable bonds is 2. The molecule has 1 aromatic carbocycles. The first-order valence-electron chi connectivity index (χ1n) is 6.75. The van der Waals surface area contributed by atoms with Gasteiger partial charge in [0, 0.05) is 7.05 Å². The molecule has 0 bridgehead atoms.